The van der Waals surface area contributed by atoms with Crippen molar-refractivity contribution in [1.29, 1.82) is 0 Å². The van der Waals surface area contributed by atoms with Crippen LogP contribution in [-0.4, -0.2) is 35.4 Å². The Bertz CT molecular complexity index is 666. The van der Waals surface area contributed by atoms with E-state index in [1.165, 1.54) is 5.57 Å². The summed E-state index contributed by atoms with van der Waals surface area (Å²) in [5.41, 5.74) is 1.27. The molecule has 0 spiro atoms. The number of hydrogen-bond donors (Lipinski definition) is 1. The van der Waals surface area contributed by atoms with E-state index in [-0.39, 0.29) is 42.4 Å². The average molecular weight is 405 g/mol. The van der Waals surface area contributed by atoms with E-state index in [1.807, 2.05) is 13.8 Å². The molecular formula is C24H36O5. The van der Waals surface area contributed by atoms with Crippen LogP contribution in [0.4, 0.5) is 0 Å². The fourth-order valence-electron chi connectivity index (χ4n) is 5.07. The molecular weight excluding hydrogens is 368 g/mol. The van der Waals surface area contributed by atoms with E-state index in [0.717, 1.165) is 25.7 Å². The van der Waals surface area contributed by atoms with Crippen LogP contribution in [-0.2, 0) is 19.1 Å². The average Bonchev–Trinajstić information content (AvgIpc) is 2.65. The third-order valence-corrected chi connectivity index (χ3v) is 6.93. The summed E-state index contributed by atoms with van der Waals surface area (Å²) in [4.78, 5) is 24.2. The minimum Gasteiger partial charge on any atom is -0.462 e. The number of hydrogen-bond acceptors (Lipinski definition) is 5. The van der Waals surface area contributed by atoms with Gasteiger partial charge in [0.05, 0.1) is 18.4 Å². The molecule has 0 saturated carbocycles. The third-order valence-electron chi connectivity index (χ3n) is 6.93. The molecule has 5 heteroatoms. The van der Waals surface area contributed by atoms with Crippen molar-refractivity contribution in [3.05, 3.63) is 23.8 Å². The molecule has 0 radical (unpaired) electrons. The molecule has 3 aliphatic rings. The predicted molar refractivity (Wildman–Crippen MR) is 111 cm³/mol. The van der Waals surface area contributed by atoms with Crippen LogP contribution in [0.25, 0.3) is 0 Å². The minimum absolute atomic E-state index is 0.0854. The molecule has 162 valence electrons. The van der Waals surface area contributed by atoms with Crippen LogP contribution in [0.1, 0.15) is 66.2 Å². The van der Waals surface area contributed by atoms with Gasteiger partial charge in [0, 0.05) is 12.3 Å². The molecule has 0 aromatic carbocycles. The van der Waals surface area contributed by atoms with Crippen LogP contribution >= 0.6 is 0 Å². The number of carbonyl (C=O) groups excluding carboxylic acids is 2. The number of allylic oxidation sites excluding steroid dienone is 3. The molecule has 1 N–H and O–H groups in total. The number of cyclic esters (lactones) is 1. The maximum absolute atomic E-state index is 12.5. The molecule has 0 amide bonds. The molecule has 0 aromatic heterocycles. The standard InChI is InChI=1S/C24H36O5/c1-5-15(3)24(27)29-21-11-14(2)10-17-7-6-16(4)20(23(17)21)9-8-19-12-18(25)13-22(26)28-19/h6-7,10,14-16,18-21,23,25H,5,8-9,11-13H2,1-4H3/t14-,15-,16-,18+,19+,20-,21-,23+/m0/s1. The Morgan fingerprint density at radius 3 is 2.76 bits per heavy atom. The lowest BCUT2D eigenvalue weighted by atomic mass is 9.65. The number of ether oxygens (including phenoxy) is 2. The zero-order valence-corrected chi connectivity index (χ0v) is 18.2. The number of aliphatic hydroxyl groups excluding tert-OH is 1. The highest BCUT2D eigenvalue weighted by molar-refractivity contribution is 5.72. The zero-order chi connectivity index (χ0) is 21.1. The van der Waals surface area contributed by atoms with Crippen molar-refractivity contribution in [2.75, 3.05) is 0 Å². The van der Waals surface area contributed by atoms with Gasteiger partial charge in [-0.25, -0.2) is 0 Å². The zero-order valence-electron chi connectivity index (χ0n) is 18.2. The van der Waals surface area contributed by atoms with Gasteiger partial charge in [0.25, 0.3) is 0 Å². The van der Waals surface area contributed by atoms with Crippen molar-refractivity contribution in [3.63, 3.8) is 0 Å². The molecule has 5 nitrogen and oxygen atoms in total. The molecule has 1 saturated heterocycles. The van der Waals surface area contributed by atoms with Crippen LogP contribution in [0.2, 0.25) is 0 Å². The second-order valence-electron chi connectivity index (χ2n) is 9.36. The highest BCUT2D eigenvalue weighted by Gasteiger charge is 2.42. The van der Waals surface area contributed by atoms with Crippen molar-refractivity contribution >= 4 is 11.9 Å². The highest BCUT2D eigenvalue weighted by atomic mass is 16.5. The van der Waals surface area contributed by atoms with E-state index in [0.29, 0.717) is 24.2 Å². The molecule has 1 fully saturated rings. The molecule has 0 aromatic rings. The smallest absolute Gasteiger partial charge is 0.308 e. The van der Waals surface area contributed by atoms with Gasteiger partial charge in [0.15, 0.2) is 0 Å². The summed E-state index contributed by atoms with van der Waals surface area (Å²) in [6.07, 6.45) is 9.70. The first-order valence-electron chi connectivity index (χ1n) is 11.3. The number of fused-ring (bicyclic) bond motifs is 1. The summed E-state index contributed by atoms with van der Waals surface area (Å²) in [6.45, 7) is 8.33. The van der Waals surface area contributed by atoms with Gasteiger partial charge in [-0.05, 0) is 49.0 Å². The first-order chi connectivity index (χ1) is 13.8. The van der Waals surface area contributed by atoms with Crippen molar-refractivity contribution < 1.29 is 24.2 Å². The molecule has 3 rings (SSSR count). The molecule has 29 heavy (non-hydrogen) atoms. The molecule has 1 aliphatic heterocycles. The monoisotopic (exact) mass is 404 g/mol. The quantitative estimate of drug-likeness (QED) is 0.672. The molecule has 0 unspecified atom stereocenters. The summed E-state index contributed by atoms with van der Waals surface area (Å²) in [5, 5.41) is 9.89. The Hall–Kier alpha value is -1.62. The van der Waals surface area contributed by atoms with E-state index in [9.17, 15) is 14.7 Å². The van der Waals surface area contributed by atoms with Gasteiger partial charge in [0.1, 0.15) is 12.2 Å². The van der Waals surface area contributed by atoms with Gasteiger partial charge in [-0.1, -0.05) is 45.9 Å². The highest BCUT2D eigenvalue weighted by Crippen LogP contribution is 2.45. The summed E-state index contributed by atoms with van der Waals surface area (Å²) in [7, 11) is 0. The largest absolute Gasteiger partial charge is 0.462 e. The Morgan fingerprint density at radius 1 is 1.31 bits per heavy atom. The van der Waals surface area contributed by atoms with Gasteiger partial charge in [-0.2, -0.15) is 0 Å². The Morgan fingerprint density at radius 2 is 2.07 bits per heavy atom. The van der Waals surface area contributed by atoms with E-state index in [4.69, 9.17) is 9.47 Å². The van der Waals surface area contributed by atoms with Crippen molar-refractivity contribution in [2.45, 2.75) is 84.5 Å². The van der Waals surface area contributed by atoms with Crippen LogP contribution in [0.15, 0.2) is 23.8 Å². The van der Waals surface area contributed by atoms with Gasteiger partial charge < -0.3 is 14.6 Å². The van der Waals surface area contributed by atoms with Gasteiger partial charge in [-0.15, -0.1) is 0 Å². The van der Waals surface area contributed by atoms with Gasteiger partial charge in [0.2, 0.25) is 0 Å². The maximum atomic E-state index is 12.5. The van der Waals surface area contributed by atoms with Crippen LogP contribution in [0, 0.1) is 29.6 Å². The second kappa shape index (κ2) is 9.46. The first kappa shape index (κ1) is 22.1. The maximum Gasteiger partial charge on any atom is 0.308 e. The lowest BCUT2D eigenvalue weighted by Gasteiger charge is -2.43. The van der Waals surface area contributed by atoms with Gasteiger partial charge >= 0.3 is 11.9 Å². The van der Waals surface area contributed by atoms with Crippen LogP contribution in [0.3, 0.4) is 0 Å². The fraction of sp³-hybridized carbons (Fsp3) is 0.750. The van der Waals surface area contributed by atoms with Gasteiger partial charge in [-0.3, -0.25) is 9.59 Å². The number of carbonyl (C=O) groups is 2. The minimum atomic E-state index is -0.597. The van der Waals surface area contributed by atoms with E-state index in [1.54, 1.807) is 0 Å². The molecule has 2 aliphatic carbocycles. The van der Waals surface area contributed by atoms with Crippen LogP contribution < -0.4 is 0 Å². The van der Waals surface area contributed by atoms with Crippen molar-refractivity contribution in [2.24, 2.45) is 29.6 Å². The summed E-state index contributed by atoms with van der Waals surface area (Å²) >= 11 is 0. The number of esters is 2. The molecule has 1 heterocycles. The Kier molecular flexibility index (Phi) is 7.20. The Balaban J connectivity index is 1.74. The lowest BCUT2D eigenvalue weighted by Crippen LogP contribution is -2.42. The van der Waals surface area contributed by atoms with E-state index < -0.39 is 6.10 Å². The second-order valence-corrected chi connectivity index (χ2v) is 9.36. The van der Waals surface area contributed by atoms with Crippen molar-refractivity contribution in [3.8, 4) is 0 Å². The topological polar surface area (TPSA) is 72.8 Å². The van der Waals surface area contributed by atoms with Crippen LogP contribution in [0.5, 0.6) is 0 Å². The fourth-order valence-corrected chi connectivity index (χ4v) is 5.07. The summed E-state index contributed by atoms with van der Waals surface area (Å²) in [5.74, 6) is 0.755. The lowest BCUT2D eigenvalue weighted by molar-refractivity contribution is -0.162. The third kappa shape index (κ3) is 5.30. The first-order valence-corrected chi connectivity index (χ1v) is 11.3. The normalized spacial score (nSPS) is 37.9. The molecule has 8 atom stereocenters. The summed E-state index contributed by atoms with van der Waals surface area (Å²) < 4.78 is 11.5. The summed E-state index contributed by atoms with van der Waals surface area (Å²) in [6, 6.07) is 0. The number of aliphatic hydroxyl groups is 1. The van der Waals surface area contributed by atoms with E-state index in [2.05, 4.69) is 32.1 Å². The van der Waals surface area contributed by atoms with E-state index >= 15 is 0 Å². The predicted octanol–water partition coefficient (Wildman–Crippen LogP) is 4.20. The number of rotatable bonds is 6. The van der Waals surface area contributed by atoms with Crippen molar-refractivity contribution in [1.82, 2.24) is 0 Å². The molecule has 0 bridgehead atoms. The SMILES string of the molecule is CC[C@H](C)C(=O)O[C@H]1C[C@@H](C)C=C2C=C[C@H](C)[C@H](CC[C@@H]3C[C@@H](O)CC(=O)O3)[C@@H]21. The Labute approximate surface area is 174 Å².